The maximum Gasteiger partial charge on any atom is 0.270 e. The van der Waals surface area contributed by atoms with E-state index in [1.165, 1.54) is 24.3 Å². The van der Waals surface area contributed by atoms with Gasteiger partial charge in [0, 0.05) is 17.7 Å². The van der Waals surface area contributed by atoms with Crippen molar-refractivity contribution in [3.8, 4) is 17.2 Å². The van der Waals surface area contributed by atoms with Gasteiger partial charge in [0.15, 0.2) is 5.76 Å². The number of nitro groups is 1. The number of fused-ring (bicyclic) bond motifs is 1. The first-order chi connectivity index (χ1) is 10.5. The Morgan fingerprint density at radius 2 is 2.14 bits per heavy atom. The quantitative estimate of drug-likeness (QED) is 0.551. The summed E-state index contributed by atoms with van der Waals surface area (Å²) in [5, 5.41) is 20.6. The van der Waals surface area contributed by atoms with Crippen molar-refractivity contribution in [2.75, 3.05) is 0 Å². The lowest BCUT2D eigenvalue weighted by Crippen LogP contribution is -2.11. The van der Waals surface area contributed by atoms with E-state index in [1.54, 1.807) is 0 Å². The second-order valence-corrected chi connectivity index (χ2v) is 4.36. The summed E-state index contributed by atoms with van der Waals surface area (Å²) in [5.74, 6) is -1.34. The predicted molar refractivity (Wildman–Crippen MR) is 74.1 cm³/mol. The van der Waals surface area contributed by atoms with Crippen LogP contribution in [0.1, 0.15) is 10.4 Å². The molecule has 0 aliphatic carbocycles. The number of furan rings is 1. The number of amides is 1. The zero-order valence-corrected chi connectivity index (χ0v) is 10.9. The van der Waals surface area contributed by atoms with Crippen molar-refractivity contribution >= 4 is 22.7 Å². The molecule has 0 unspecified atom stereocenters. The molecule has 9 nitrogen and oxygen atoms in total. The molecular formula is C13H8N4O5. The molecule has 2 heterocycles. The highest BCUT2D eigenvalue weighted by atomic mass is 16.6. The summed E-state index contributed by atoms with van der Waals surface area (Å²) >= 11 is 0. The molecule has 0 atom stereocenters. The Hall–Kier alpha value is -3.49. The van der Waals surface area contributed by atoms with Crippen molar-refractivity contribution in [3.05, 3.63) is 46.3 Å². The Labute approximate surface area is 122 Å². The zero-order chi connectivity index (χ0) is 15.9. The second kappa shape index (κ2) is 4.81. The maximum atomic E-state index is 11.7. The van der Waals surface area contributed by atoms with Crippen molar-refractivity contribution in [2.24, 2.45) is 5.73 Å². The molecule has 22 heavy (non-hydrogen) atoms. The van der Waals surface area contributed by atoms with Gasteiger partial charge in [-0.3, -0.25) is 14.9 Å². The fourth-order valence-electron chi connectivity index (χ4n) is 2.12. The lowest BCUT2D eigenvalue weighted by atomic mass is 10.1. The number of rotatable bonds is 3. The number of hydrogen-bond acceptors (Lipinski definition) is 7. The van der Waals surface area contributed by atoms with Crippen LogP contribution in [0.25, 0.3) is 22.4 Å². The van der Waals surface area contributed by atoms with E-state index in [0.29, 0.717) is 0 Å². The Kier molecular flexibility index (Phi) is 2.95. The molecular weight excluding hydrogens is 292 g/mol. The van der Waals surface area contributed by atoms with Crippen molar-refractivity contribution in [1.82, 2.24) is 9.97 Å². The van der Waals surface area contributed by atoms with Crippen LogP contribution in [-0.2, 0) is 0 Å². The van der Waals surface area contributed by atoms with Crippen LogP contribution < -0.4 is 5.73 Å². The second-order valence-electron chi connectivity index (χ2n) is 4.36. The highest BCUT2D eigenvalue weighted by Crippen LogP contribution is 2.36. The van der Waals surface area contributed by atoms with E-state index in [4.69, 9.17) is 10.2 Å². The van der Waals surface area contributed by atoms with Gasteiger partial charge < -0.3 is 15.3 Å². The Morgan fingerprint density at radius 1 is 1.36 bits per heavy atom. The first kappa shape index (κ1) is 13.5. The molecule has 0 saturated carbocycles. The summed E-state index contributed by atoms with van der Waals surface area (Å²) in [7, 11) is 0. The van der Waals surface area contributed by atoms with Gasteiger partial charge in [0.2, 0.25) is 11.6 Å². The highest BCUT2D eigenvalue weighted by molar-refractivity contribution is 6.11. The number of carbonyl (C=O) groups is 1. The molecule has 0 bridgehead atoms. The molecule has 0 spiro atoms. The van der Waals surface area contributed by atoms with E-state index in [9.17, 15) is 20.0 Å². The summed E-state index contributed by atoms with van der Waals surface area (Å²) in [6.07, 6.45) is 1.06. The lowest BCUT2D eigenvalue weighted by Gasteiger charge is -2.00. The van der Waals surface area contributed by atoms with Gasteiger partial charge in [0.1, 0.15) is 17.3 Å². The average molecular weight is 300 g/mol. The number of nitro benzene ring substituents is 1. The zero-order valence-electron chi connectivity index (χ0n) is 10.9. The van der Waals surface area contributed by atoms with Crippen LogP contribution in [0.4, 0.5) is 5.69 Å². The van der Waals surface area contributed by atoms with E-state index in [0.717, 1.165) is 6.33 Å². The molecule has 1 amide bonds. The number of aromatic nitrogens is 2. The van der Waals surface area contributed by atoms with Crippen LogP contribution in [0.5, 0.6) is 5.88 Å². The molecule has 1 aromatic carbocycles. The fraction of sp³-hybridized carbons (Fsp3) is 0. The molecule has 3 aromatic rings. The van der Waals surface area contributed by atoms with Crippen LogP contribution in [0, 0.1) is 10.1 Å². The molecule has 3 N–H and O–H groups in total. The number of nitrogens with zero attached hydrogens (tertiary/aromatic N) is 3. The van der Waals surface area contributed by atoms with Crippen molar-refractivity contribution in [1.29, 1.82) is 0 Å². The Bertz CT molecular complexity index is 918. The van der Waals surface area contributed by atoms with Gasteiger partial charge in [-0.15, -0.1) is 0 Å². The smallest absolute Gasteiger partial charge is 0.270 e. The molecule has 0 radical (unpaired) electrons. The van der Waals surface area contributed by atoms with Crippen molar-refractivity contribution in [3.63, 3.8) is 0 Å². The summed E-state index contributed by atoms with van der Waals surface area (Å²) in [6.45, 7) is 0. The fourth-order valence-corrected chi connectivity index (χ4v) is 2.12. The van der Waals surface area contributed by atoms with Gasteiger partial charge in [-0.2, -0.15) is 0 Å². The number of non-ortho nitro benzene ring substituents is 1. The summed E-state index contributed by atoms with van der Waals surface area (Å²) in [4.78, 5) is 29.4. The summed E-state index contributed by atoms with van der Waals surface area (Å²) < 4.78 is 5.43. The van der Waals surface area contributed by atoms with Gasteiger partial charge in [-0.1, -0.05) is 12.1 Å². The third-order valence-corrected chi connectivity index (χ3v) is 3.03. The van der Waals surface area contributed by atoms with Gasteiger partial charge in [-0.05, 0) is 0 Å². The van der Waals surface area contributed by atoms with Gasteiger partial charge >= 0.3 is 0 Å². The number of nitrogens with two attached hydrogens (primary N) is 1. The molecule has 9 heteroatoms. The van der Waals surface area contributed by atoms with Crippen LogP contribution in [0.15, 0.2) is 35.0 Å². The normalized spacial score (nSPS) is 10.7. The third-order valence-electron chi connectivity index (χ3n) is 3.03. The SMILES string of the molecule is NC(=O)c1c(-c2cccc([N+](=O)[O-])c2)oc2ncnc(O)c12. The molecule has 0 fully saturated rings. The highest BCUT2D eigenvalue weighted by Gasteiger charge is 2.25. The van der Waals surface area contributed by atoms with Crippen molar-refractivity contribution < 1.29 is 19.2 Å². The van der Waals surface area contributed by atoms with E-state index in [1.807, 2.05) is 0 Å². The Morgan fingerprint density at radius 3 is 2.82 bits per heavy atom. The number of carbonyl (C=O) groups excluding carboxylic acids is 1. The molecule has 110 valence electrons. The summed E-state index contributed by atoms with van der Waals surface area (Å²) in [5.41, 5.74) is 5.25. The Balaban J connectivity index is 2.34. The topological polar surface area (TPSA) is 145 Å². The minimum atomic E-state index is -0.870. The molecule has 0 aliphatic heterocycles. The minimum absolute atomic E-state index is 0.0120. The van der Waals surface area contributed by atoms with E-state index < -0.39 is 16.7 Å². The predicted octanol–water partition coefficient (Wildman–Crippen LogP) is 1.60. The molecule has 0 saturated heterocycles. The van der Waals surface area contributed by atoms with E-state index >= 15 is 0 Å². The number of hydrogen-bond donors (Lipinski definition) is 2. The standard InChI is InChI=1S/C13H8N4O5/c14-11(18)8-9-12(19)15-5-16-13(9)22-10(8)6-2-1-3-7(4-6)17(20)21/h1-5H,(H2,14,18)(H,15,16,19). The monoisotopic (exact) mass is 300 g/mol. The van der Waals surface area contributed by atoms with Crippen LogP contribution in [-0.4, -0.2) is 25.9 Å². The molecule has 2 aromatic heterocycles. The summed E-state index contributed by atoms with van der Waals surface area (Å²) in [6, 6.07) is 5.49. The molecule has 0 aliphatic rings. The first-order valence-corrected chi connectivity index (χ1v) is 6.00. The van der Waals surface area contributed by atoms with Gasteiger partial charge in [-0.25, -0.2) is 9.97 Å². The van der Waals surface area contributed by atoms with Crippen LogP contribution in [0.2, 0.25) is 0 Å². The lowest BCUT2D eigenvalue weighted by molar-refractivity contribution is -0.384. The van der Waals surface area contributed by atoms with Gasteiger partial charge in [0.25, 0.3) is 11.6 Å². The van der Waals surface area contributed by atoms with Crippen molar-refractivity contribution in [2.45, 2.75) is 0 Å². The van der Waals surface area contributed by atoms with E-state index in [2.05, 4.69) is 9.97 Å². The average Bonchev–Trinajstić information content (AvgIpc) is 2.88. The van der Waals surface area contributed by atoms with Crippen LogP contribution >= 0.6 is 0 Å². The minimum Gasteiger partial charge on any atom is -0.493 e. The van der Waals surface area contributed by atoms with Crippen LogP contribution in [0.3, 0.4) is 0 Å². The largest absolute Gasteiger partial charge is 0.493 e. The number of benzene rings is 1. The van der Waals surface area contributed by atoms with E-state index in [-0.39, 0.29) is 33.7 Å². The third kappa shape index (κ3) is 2.00. The number of primary amides is 1. The number of aromatic hydroxyl groups is 1. The maximum absolute atomic E-state index is 11.7. The first-order valence-electron chi connectivity index (χ1n) is 6.00. The molecule has 3 rings (SSSR count). The van der Waals surface area contributed by atoms with Gasteiger partial charge in [0.05, 0.1) is 4.92 Å².